The summed E-state index contributed by atoms with van der Waals surface area (Å²) in [7, 11) is 0. The van der Waals surface area contributed by atoms with E-state index in [1.165, 1.54) is 6.92 Å². The number of anilines is 1. The fraction of sp³-hybridized carbons (Fsp3) is 0.105. The molecule has 0 spiro atoms. The first-order chi connectivity index (χ1) is 11.6. The summed E-state index contributed by atoms with van der Waals surface area (Å²) >= 11 is 0. The predicted molar refractivity (Wildman–Crippen MR) is 92.3 cm³/mol. The number of pyridine rings is 1. The molecule has 0 radical (unpaired) electrons. The standard InChI is InChI=1S/C19H16N2O3/c1-13(22)14-6-8-17(9-7-14)24-12-19(23)21-16-10-15-4-2-3-5-18(15)20-11-16/h2-11H,12H2,1H3,(H,21,23). The van der Waals surface area contributed by atoms with Gasteiger partial charge in [-0.3, -0.25) is 14.6 Å². The van der Waals surface area contributed by atoms with Crippen LogP contribution < -0.4 is 10.1 Å². The van der Waals surface area contributed by atoms with E-state index in [-0.39, 0.29) is 18.3 Å². The van der Waals surface area contributed by atoms with Gasteiger partial charge >= 0.3 is 0 Å². The lowest BCUT2D eigenvalue weighted by Crippen LogP contribution is -2.20. The van der Waals surface area contributed by atoms with Gasteiger partial charge in [0.2, 0.25) is 0 Å². The van der Waals surface area contributed by atoms with Crippen LogP contribution in [0.15, 0.2) is 60.8 Å². The molecule has 0 unspecified atom stereocenters. The number of amides is 1. The van der Waals surface area contributed by atoms with Crippen LogP contribution in [0.4, 0.5) is 5.69 Å². The number of nitrogens with one attached hydrogen (secondary N) is 1. The lowest BCUT2D eigenvalue weighted by molar-refractivity contribution is -0.118. The molecular weight excluding hydrogens is 304 g/mol. The van der Waals surface area contributed by atoms with E-state index in [0.29, 0.717) is 17.0 Å². The molecule has 2 aromatic carbocycles. The number of hydrogen-bond acceptors (Lipinski definition) is 4. The van der Waals surface area contributed by atoms with Crippen molar-refractivity contribution in [2.45, 2.75) is 6.92 Å². The summed E-state index contributed by atoms with van der Waals surface area (Å²) in [6, 6.07) is 16.2. The highest BCUT2D eigenvalue weighted by molar-refractivity contribution is 5.94. The molecule has 0 saturated carbocycles. The van der Waals surface area contributed by atoms with Gasteiger partial charge in [-0.15, -0.1) is 0 Å². The minimum absolute atomic E-state index is 0.0110. The third-order valence-corrected chi connectivity index (χ3v) is 3.51. The van der Waals surface area contributed by atoms with Crippen molar-refractivity contribution < 1.29 is 14.3 Å². The molecule has 5 heteroatoms. The van der Waals surface area contributed by atoms with E-state index in [2.05, 4.69) is 10.3 Å². The zero-order valence-corrected chi connectivity index (χ0v) is 13.2. The molecule has 1 N–H and O–H groups in total. The van der Waals surface area contributed by atoms with Crippen LogP contribution in [-0.4, -0.2) is 23.3 Å². The summed E-state index contributed by atoms with van der Waals surface area (Å²) in [6.07, 6.45) is 1.61. The highest BCUT2D eigenvalue weighted by Gasteiger charge is 2.06. The summed E-state index contributed by atoms with van der Waals surface area (Å²) in [5.74, 6) is 0.248. The average Bonchev–Trinajstić information content (AvgIpc) is 2.60. The molecule has 0 atom stereocenters. The van der Waals surface area contributed by atoms with E-state index < -0.39 is 0 Å². The Hall–Kier alpha value is -3.21. The van der Waals surface area contributed by atoms with Crippen LogP contribution in [0.2, 0.25) is 0 Å². The monoisotopic (exact) mass is 320 g/mol. The van der Waals surface area contributed by atoms with Crippen molar-refractivity contribution in [1.29, 1.82) is 0 Å². The molecule has 24 heavy (non-hydrogen) atoms. The van der Waals surface area contributed by atoms with E-state index in [4.69, 9.17) is 4.74 Å². The lowest BCUT2D eigenvalue weighted by atomic mass is 10.1. The van der Waals surface area contributed by atoms with Crippen molar-refractivity contribution in [3.05, 3.63) is 66.4 Å². The Morgan fingerprint density at radius 1 is 1.08 bits per heavy atom. The molecule has 1 amide bonds. The second-order valence-electron chi connectivity index (χ2n) is 5.33. The molecule has 1 aromatic heterocycles. The number of fused-ring (bicyclic) bond motifs is 1. The first-order valence-corrected chi connectivity index (χ1v) is 7.50. The summed E-state index contributed by atoms with van der Waals surface area (Å²) in [5.41, 5.74) is 2.10. The maximum absolute atomic E-state index is 12.0. The van der Waals surface area contributed by atoms with Gasteiger partial charge in [0.1, 0.15) is 5.75 Å². The van der Waals surface area contributed by atoms with E-state index >= 15 is 0 Å². The van der Waals surface area contributed by atoms with Gasteiger partial charge in [-0.2, -0.15) is 0 Å². The van der Waals surface area contributed by atoms with Gasteiger partial charge in [0.05, 0.1) is 17.4 Å². The van der Waals surface area contributed by atoms with Crippen molar-refractivity contribution in [3.8, 4) is 5.75 Å². The van der Waals surface area contributed by atoms with Crippen LogP contribution in [0.5, 0.6) is 5.75 Å². The molecule has 0 bridgehead atoms. The third kappa shape index (κ3) is 3.76. The van der Waals surface area contributed by atoms with Crippen molar-refractivity contribution >= 4 is 28.3 Å². The average molecular weight is 320 g/mol. The van der Waals surface area contributed by atoms with E-state index in [9.17, 15) is 9.59 Å². The number of rotatable bonds is 5. The Morgan fingerprint density at radius 3 is 2.58 bits per heavy atom. The van der Waals surface area contributed by atoms with E-state index in [1.807, 2.05) is 30.3 Å². The van der Waals surface area contributed by atoms with E-state index in [1.54, 1.807) is 30.5 Å². The fourth-order valence-corrected chi connectivity index (χ4v) is 2.27. The number of aromatic nitrogens is 1. The molecule has 5 nitrogen and oxygen atoms in total. The van der Waals surface area contributed by atoms with Gasteiger partial charge in [-0.25, -0.2) is 0 Å². The number of carbonyl (C=O) groups is 2. The molecule has 0 aliphatic carbocycles. The SMILES string of the molecule is CC(=O)c1ccc(OCC(=O)Nc2cnc3ccccc3c2)cc1. The fourth-order valence-electron chi connectivity index (χ4n) is 2.27. The number of para-hydroxylation sites is 1. The quantitative estimate of drug-likeness (QED) is 0.731. The normalized spacial score (nSPS) is 10.4. The minimum Gasteiger partial charge on any atom is -0.484 e. The van der Waals surface area contributed by atoms with Gasteiger partial charge < -0.3 is 10.1 Å². The van der Waals surface area contributed by atoms with E-state index in [0.717, 1.165) is 10.9 Å². The summed E-state index contributed by atoms with van der Waals surface area (Å²) in [5, 5.41) is 3.71. The summed E-state index contributed by atoms with van der Waals surface area (Å²) in [6.45, 7) is 1.38. The zero-order valence-electron chi connectivity index (χ0n) is 13.2. The van der Waals surface area contributed by atoms with Crippen molar-refractivity contribution in [3.63, 3.8) is 0 Å². The zero-order chi connectivity index (χ0) is 16.9. The number of hydrogen-bond donors (Lipinski definition) is 1. The van der Waals surface area contributed by atoms with Crippen LogP contribution in [-0.2, 0) is 4.79 Å². The molecule has 0 aliphatic rings. The highest BCUT2D eigenvalue weighted by atomic mass is 16.5. The highest BCUT2D eigenvalue weighted by Crippen LogP contribution is 2.16. The summed E-state index contributed by atoms with van der Waals surface area (Å²) < 4.78 is 5.42. The molecule has 0 fully saturated rings. The third-order valence-electron chi connectivity index (χ3n) is 3.51. The number of carbonyl (C=O) groups excluding carboxylic acids is 2. The lowest BCUT2D eigenvalue weighted by Gasteiger charge is -2.08. The Bertz CT molecular complexity index is 889. The molecule has 3 rings (SSSR count). The van der Waals surface area contributed by atoms with Crippen LogP contribution in [0.3, 0.4) is 0 Å². The minimum atomic E-state index is -0.275. The molecule has 1 heterocycles. The van der Waals surface area contributed by atoms with Crippen molar-refractivity contribution in [1.82, 2.24) is 4.98 Å². The molecule has 3 aromatic rings. The Morgan fingerprint density at radius 2 is 1.83 bits per heavy atom. The maximum Gasteiger partial charge on any atom is 0.262 e. The topological polar surface area (TPSA) is 68.3 Å². The number of Topliss-reactive ketones (excluding diaryl/α,β-unsaturated/α-hetero) is 1. The Labute approximate surface area is 139 Å². The number of benzene rings is 2. The second-order valence-corrected chi connectivity index (χ2v) is 5.33. The van der Waals surface area contributed by atoms with Gasteiger partial charge in [-0.1, -0.05) is 18.2 Å². The molecular formula is C19H16N2O3. The van der Waals surface area contributed by atoms with Gasteiger partial charge in [0, 0.05) is 10.9 Å². The van der Waals surface area contributed by atoms with Crippen LogP contribution in [0.1, 0.15) is 17.3 Å². The van der Waals surface area contributed by atoms with Crippen molar-refractivity contribution in [2.24, 2.45) is 0 Å². The largest absolute Gasteiger partial charge is 0.484 e. The Kier molecular flexibility index (Phi) is 4.52. The van der Waals surface area contributed by atoms with Crippen LogP contribution in [0, 0.1) is 0 Å². The number of ether oxygens (including phenoxy) is 1. The van der Waals surface area contributed by atoms with Gasteiger partial charge in [-0.05, 0) is 43.3 Å². The summed E-state index contributed by atoms with van der Waals surface area (Å²) in [4.78, 5) is 27.5. The maximum atomic E-state index is 12.0. The predicted octanol–water partition coefficient (Wildman–Crippen LogP) is 3.45. The second kappa shape index (κ2) is 6.91. The first kappa shape index (κ1) is 15.7. The first-order valence-electron chi connectivity index (χ1n) is 7.50. The molecule has 0 aliphatic heterocycles. The van der Waals surface area contributed by atoms with Crippen molar-refractivity contribution in [2.75, 3.05) is 11.9 Å². The Balaban J connectivity index is 1.59. The van der Waals surface area contributed by atoms with Crippen LogP contribution in [0.25, 0.3) is 10.9 Å². The number of ketones is 1. The van der Waals surface area contributed by atoms with Gasteiger partial charge in [0.15, 0.2) is 12.4 Å². The smallest absolute Gasteiger partial charge is 0.262 e. The molecule has 120 valence electrons. The number of nitrogens with zero attached hydrogens (tertiary/aromatic N) is 1. The molecule has 0 saturated heterocycles. The van der Waals surface area contributed by atoms with Crippen LogP contribution >= 0.6 is 0 Å². The van der Waals surface area contributed by atoms with Gasteiger partial charge in [0.25, 0.3) is 5.91 Å².